The lowest BCUT2D eigenvalue weighted by molar-refractivity contribution is -0.665. The lowest BCUT2D eigenvalue weighted by atomic mass is 10.0. The number of anilines is 1. The quantitative estimate of drug-likeness (QED) is 0.295. The number of benzene rings is 3. The summed E-state index contributed by atoms with van der Waals surface area (Å²) >= 11 is 0. The van der Waals surface area contributed by atoms with E-state index in [1.807, 2.05) is 43.3 Å². The van der Waals surface area contributed by atoms with Crippen molar-refractivity contribution in [3.63, 3.8) is 0 Å². The summed E-state index contributed by atoms with van der Waals surface area (Å²) in [5, 5.41) is 0. The van der Waals surface area contributed by atoms with Gasteiger partial charge in [0.15, 0.2) is 17.6 Å². The number of ether oxygens (including phenoxy) is 1. The van der Waals surface area contributed by atoms with Crippen molar-refractivity contribution in [2.75, 3.05) is 18.2 Å². The summed E-state index contributed by atoms with van der Waals surface area (Å²) in [6.45, 7) is 7.15. The van der Waals surface area contributed by atoms with E-state index in [0.717, 1.165) is 46.5 Å². The number of aryl methyl sites for hydroxylation is 2. The molecule has 1 N–H and O–H groups in total. The van der Waals surface area contributed by atoms with Crippen LogP contribution >= 0.6 is 0 Å². The van der Waals surface area contributed by atoms with Crippen molar-refractivity contribution >= 4 is 22.6 Å². The van der Waals surface area contributed by atoms with E-state index in [1.54, 1.807) is 4.90 Å². The molecule has 0 fully saturated rings. The predicted octanol–water partition coefficient (Wildman–Crippen LogP) is 4.94. The van der Waals surface area contributed by atoms with Gasteiger partial charge in [-0.05, 0) is 49.1 Å². The minimum atomic E-state index is 0.0107. The number of carbonyl (C=O) groups is 1. The van der Waals surface area contributed by atoms with Crippen LogP contribution in [-0.2, 0) is 28.9 Å². The van der Waals surface area contributed by atoms with Crippen LogP contribution in [0.3, 0.4) is 0 Å². The number of fused-ring (bicyclic) bond motifs is 1. The van der Waals surface area contributed by atoms with Crippen LogP contribution in [0.15, 0.2) is 72.8 Å². The molecule has 0 unspecified atom stereocenters. The van der Waals surface area contributed by atoms with E-state index in [9.17, 15) is 4.79 Å². The minimum Gasteiger partial charge on any atom is -0.361 e. The maximum atomic E-state index is 13.8. The van der Waals surface area contributed by atoms with Crippen LogP contribution < -0.4 is 9.47 Å². The van der Waals surface area contributed by atoms with Gasteiger partial charge < -0.3 is 4.74 Å². The minimum absolute atomic E-state index is 0.0107. The number of carbonyl (C=O) groups excluding carboxylic acids is 1. The fourth-order valence-corrected chi connectivity index (χ4v) is 4.35. The molecule has 4 aromatic rings. The molecule has 170 valence electrons. The lowest BCUT2D eigenvalue weighted by Gasteiger charge is -2.26. The molecule has 5 heteroatoms. The van der Waals surface area contributed by atoms with Gasteiger partial charge in [0, 0.05) is 6.61 Å². The molecule has 1 aromatic heterocycles. The lowest BCUT2D eigenvalue weighted by Crippen LogP contribution is -2.48. The molecule has 0 bridgehead atoms. The Balaban J connectivity index is 1.73. The summed E-state index contributed by atoms with van der Waals surface area (Å²) in [6.07, 6.45) is 1.57. The van der Waals surface area contributed by atoms with Gasteiger partial charge in [0.25, 0.3) is 11.7 Å². The van der Waals surface area contributed by atoms with E-state index >= 15 is 0 Å². The number of nitrogens with zero attached hydrogens (tertiary/aromatic N) is 2. The van der Waals surface area contributed by atoms with Crippen molar-refractivity contribution in [1.29, 1.82) is 0 Å². The van der Waals surface area contributed by atoms with Gasteiger partial charge >= 0.3 is 0 Å². The molecule has 3 aromatic carbocycles. The Morgan fingerprint density at radius 1 is 0.970 bits per heavy atom. The molecule has 0 atom stereocenters. The normalized spacial score (nSPS) is 11.1. The first-order valence-electron chi connectivity index (χ1n) is 11.6. The van der Waals surface area contributed by atoms with Crippen molar-refractivity contribution < 1.29 is 14.1 Å². The van der Waals surface area contributed by atoms with Gasteiger partial charge in [-0.2, -0.15) is 0 Å². The van der Waals surface area contributed by atoms with Crippen LogP contribution in [0.4, 0.5) is 5.69 Å². The maximum Gasteiger partial charge on any atom is 0.271 e. The van der Waals surface area contributed by atoms with Crippen LogP contribution in [0, 0.1) is 6.92 Å². The molecule has 0 saturated heterocycles. The third-order valence-corrected chi connectivity index (χ3v) is 6.01. The number of aromatic nitrogens is 2. The average Bonchev–Trinajstić information content (AvgIpc) is 3.17. The molecule has 0 saturated carbocycles. The Hall–Kier alpha value is -3.44. The van der Waals surface area contributed by atoms with Crippen LogP contribution in [0.25, 0.3) is 11.0 Å². The van der Waals surface area contributed by atoms with Gasteiger partial charge in [-0.15, -0.1) is 0 Å². The fraction of sp³-hybridized carbons (Fsp3) is 0.286. The zero-order chi connectivity index (χ0) is 23.2. The van der Waals surface area contributed by atoms with Crippen LogP contribution in [0.2, 0.25) is 0 Å². The number of hydrogen-bond acceptors (Lipinski definition) is 2. The molecule has 0 aliphatic carbocycles. The van der Waals surface area contributed by atoms with Crippen molar-refractivity contribution in [2.24, 2.45) is 0 Å². The number of imidazole rings is 1. The zero-order valence-electron chi connectivity index (χ0n) is 19.7. The number of rotatable bonds is 9. The second-order valence-corrected chi connectivity index (χ2v) is 8.22. The second-order valence-electron chi connectivity index (χ2n) is 8.22. The Bertz CT molecular complexity index is 1230. The molecule has 4 rings (SSSR count). The van der Waals surface area contributed by atoms with Crippen molar-refractivity contribution in [3.8, 4) is 0 Å². The van der Waals surface area contributed by atoms with E-state index in [0.29, 0.717) is 6.61 Å². The molecule has 0 aliphatic rings. The Morgan fingerprint density at radius 2 is 1.73 bits per heavy atom. The molecule has 0 aliphatic heterocycles. The first-order valence-corrected chi connectivity index (χ1v) is 11.6. The van der Waals surface area contributed by atoms with Crippen LogP contribution in [0.1, 0.15) is 36.4 Å². The predicted molar refractivity (Wildman–Crippen MR) is 132 cm³/mol. The SMILES string of the molecule is CCOCN(C(=O)C[n+]1c(Cc2ccccc2)[nH]c2ccccc21)c1c(C)cccc1CC. The van der Waals surface area contributed by atoms with Crippen molar-refractivity contribution in [1.82, 2.24) is 4.98 Å². The van der Waals surface area contributed by atoms with Crippen molar-refractivity contribution in [2.45, 2.75) is 40.2 Å². The monoisotopic (exact) mass is 442 g/mol. The molecular formula is C28H32N3O2+. The number of para-hydroxylation sites is 3. The molecule has 0 spiro atoms. The third kappa shape index (κ3) is 4.99. The summed E-state index contributed by atoms with van der Waals surface area (Å²) < 4.78 is 7.85. The fourth-order valence-electron chi connectivity index (χ4n) is 4.35. The molecule has 1 heterocycles. The molecule has 0 radical (unpaired) electrons. The number of H-pyrrole nitrogens is 1. The highest BCUT2D eigenvalue weighted by Crippen LogP contribution is 2.26. The highest BCUT2D eigenvalue weighted by atomic mass is 16.5. The molecular weight excluding hydrogens is 410 g/mol. The Labute approximate surface area is 195 Å². The van der Waals surface area contributed by atoms with E-state index < -0.39 is 0 Å². The van der Waals surface area contributed by atoms with E-state index in [2.05, 4.69) is 59.8 Å². The van der Waals surface area contributed by atoms with Gasteiger partial charge in [0.05, 0.1) is 12.1 Å². The highest BCUT2D eigenvalue weighted by Gasteiger charge is 2.26. The zero-order valence-corrected chi connectivity index (χ0v) is 19.7. The standard InChI is InChI=1S/C28H31N3O2/c1-4-23-15-11-12-21(3)28(23)31(20-33-5-2)27(32)19-30-25-17-10-9-16-24(25)29-26(30)18-22-13-7-6-8-14-22/h6-17H,4-5,18-20H2,1-3H3/p+1. The van der Waals surface area contributed by atoms with Gasteiger partial charge in [0.2, 0.25) is 0 Å². The number of hydrogen-bond donors (Lipinski definition) is 1. The second kappa shape index (κ2) is 10.5. The molecule has 1 amide bonds. The molecule has 33 heavy (non-hydrogen) atoms. The molecule has 5 nitrogen and oxygen atoms in total. The number of aromatic amines is 1. The summed E-state index contributed by atoms with van der Waals surface area (Å²) in [5.74, 6) is 1.02. The van der Waals surface area contributed by atoms with Gasteiger partial charge in [-0.1, -0.05) is 67.6 Å². The van der Waals surface area contributed by atoms with E-state index in [4.69, 9.17) is 4.74 Å². The Morgan fingerprint density at radius 3 is 2.48 bits per heavy atom. The highest BCUT2D eigenvalue weighted by molar-refractivity contribution is 5.94. The summed E-state index contributed by atoms with van der Waals surface area (Å²) in [5.41, 5.74) is 6.44. The van der Waals surface area contributed by atoms with Crippen LogP contribution in [-0.4, -0.2) is 24.2 Å². The first-order chi connectivity index (χ1) is 16.1. The third-order valence-electron chi connectivity index (χ3n) is 6.01. The number of amides is 1. The van der Waals surface area contributed by atoms with Gasteiger partial charge in [-0.25, -0.2) is 9.55 Å². The van der Waals surface area contributed by atoms with Gasteiger partial charge in [0.1, 0.15) is 6.73 Å². The maximum absolute atomic E-state index is 13.8. The summed E-state index contributed by atoms with van der Waals surface area (Å²) in [6, 6.07) is 24.7. The first kappa shape index (κ1) is 22.7. The Kier molecular flexibility index (Phi) is 7.20. The topological polar surface area (TPSA) is 49.2 Å². The summed E-state index contributed by atoms with van der Waals surface area (Å²) in [7, 11) is 0. The van der Waals surface area contributed by atoms with Crippen LogP contribution in [0.5, 0.6) is 0 Å². The van der Waals surface area contributed by atoms with E-state index in [1.165, 1.54) is 5.56 Å². The van der Waals surface area contributed by atoms with Gasteiger partial charge in [-0.3, -0.25) is 9.69 Å². The smallest absolute Gasteiger partial charge is 0.271 e. The summed E-state index contributed by atoms with van der Waals surface area (Å²) in [4.78, 5) is 19.1. The largest absolute Gasteiger partial charge is 0.361 e. The van der Waals surface area contributed by atoms with E-state index in [-0.39, 0.29) is 19.2 Å². The van der Waals surface area contributed by atoms with Crippen molar-refractivity contribution in [3.05, 3.63) is 95.3 Å². The average molecular weight is 443 g/mol. The number of nitrogens with one attached hydrogen (secondary N) is 1.